The number of anilines is 1. The molecule has 0 bridgehead atoms. The van der Waals surface area contributed by atoms with Gasteiger partial charge < -0.3 is 9.47 Å². The summed E-state index contributed by atoms with van der Waals surface area (Å²) in [6, 6.07) is -0.870. The standard InChI is InChI=1S/C13H7ClF10N2O4/c1-29-9(28)8(27)26-25-7-5(14)2-4(3-6(7)30-13(22,23)24)10(15,11(16,17)18)12(19,20)21/h2-3,25H,1H3,(H,26,27). The maximum absolute atomic E-state index is 14.1. The molecule has 0 aromatic heterocycles. The Morgan fingerprint density at radius 3 is 1.83 bits per heavy atom. The van der Waals surface area contributed by atoms with Crippen LogP contribution in [0, 0.1) is 0 Å². The molecule has 0 aliphatic heterocycles. The molecule has 0 radical (unpaired) electrons. The summed E-state index contributed by atoms with van der Waals surface area (Å²) >= 11 is 5.39. The fourth-order valence-corrected chi connectivity index (χ4v) is 2.12. The third kappa shape index (κ3) is 5.28. The van der Waals surface area contributed by atoms with Crippen LogP contribution in [0.2, 0.25) is 5.02 Å². The van der Waals surface area contributed by atoms with Crippen molar-refractivity contribution in [1.82, 2.24) is 5.43 Å². The van der Waals surface area contributed by atoms with Crippen molar-refractivity contribution in [3.8, 4) is 5.75 Å². The van der Waals surface area contributed by atoms with Crippen molar-refractivity contribution in [2.75, 3.05) is 12.5 Å². The van der Waals surface area contributed by atoms with Crippen molar-refractivity contribution < 1.29 is 63.0 Å². The molecule has 1 aromatic rings. The summed E-state index contributed by atoms with van der Waals surface area (Å²) in [4.78, 5) is 22.2. The first-order valence-electron chi connectivity index (χ1n) is 6.91. The molecule has 0 saturated carbocycles. The molecule has 0 spiro atoms. The van der Waals surface area contributed by atoms with Gasteiger partial charge in [-0.1, -0.05) is 11.6 Å². The Balaban J connectivity index is 3.61. The van der Waals surface area contributed by atoms with Gasteiger partial charge in [-0.25, -0.2) is 9.18 Å². The van der Waals surface area contributed by atoms with E-state index in [1.54, 1.807) is 0 Å². The molecule has 0 saturated heterocycles. The van der Waals surface area contributed by atoms with Crippen LogP contribution in [0.4, 0.5) is 49.6 Å². The Morgan fingerprint density at radius 2 is 1.43 bits per heavy atom. The number of hydrogen-bond donors (Lipinski definition) is 2. The van der Waals surface area contributed by atoms with Gasteiger partial charge in [0, 0.05) is 5.56 Å². The van der Waals surface area contributed by atoms with Gasteiger partial charge in [0.25, 0.3) is 0 Å². The zero-order valence-corrected chi connectivity index (χ0v) is 14.7. The maximum Gasteiger partial charge on any atom is 0.573 e. The summed E-state index contributed by atoms with van der Waals surface area (Å²) in [5.74, 6) is -5.13. The largest absolute Gasteiger partial charge is 0.573 e. The van der Waals surface area contributed by atoms with E-state index in [1.165, 1.54) is 10.9 Å². The smallest absolute Gasteiger partial charge is 0.462 e. The van der Waals surface area contributed by atoms with Crippen LogP contribution in [0.3, 0.4) is 0 Å². The first-order chi connectivity index (χ1) is 13.3. The van der Waals surface area contributed by atoms with Gasteiger partial charge in [-0.2, -0.15) is 26.3 Å². The van der Waals surface area contributed by atoms with Crippen LogP contribution in [0.5, 0.6) is 5.75 Å². The molecular weight excluding hydrogens is 474 g/mol. The number of esters is 1. The molecule has 0 unspecified atom stereocenters. The predicted octanol–water partition coefficient (Wildman–Crippen LogP) is 4.14. The van der Waals surface area contributed by atoms with Crippen LogP contribution < -0.4 is 15.6 Å². The zero-order chi connectivity index (χ0) is 23.7. The number of amides is 1. The van der Waals surface area contributed by atoms with Gasteiger partial charge in [0.2, 0.25) is 0 Å². The summed E-state index contributed by atoms with van der Waals surface area (Å²) < 4.78 is 136. The predicted molar refractivity (Wildman–Crippen MR) is 76.8 cm³/mol. The number of benzene rings is 1. The van der Waals surface area contributed by atoms with Gasteiger partial charge in [0.1, 0.15) is 5.69 Å². The number of rotatable bonds is 4. The van der Waals surface area contributed by atoms with E-state index in [0.717, 1.165) is 7.11 Å². The summed E-state index contributed by atoms with van der Waals surface area (Å²) in [6.45, 7) is 0. The molecule has 1 aromatic carbocycles. The highest BCUT2D eigenvalue weighted by atomic mass is 35.5. The number of hydrogen-bond acceptors (Lipinski definition) is 5. The first kappa shape index (κ1) is 25.4. The highest BCUT2D eigenvalue weighted by molar-refractivity contribution is 6.34. The monoisotopic (exact) mass is 480 g/mol. The minimum Gasteiger partial charge on any atom is -0.462 e. The van der Waals surface area contributed by atoms with Gasteiger partial charge in [-0.3, -0.25) is 15.6 Å². The average Bonchev–Trinajstić information content (AvgIpc) is 2.55. The molecule has 0 heterocycles. The van der Waals surface area contributed by atoms with E-state index in [4.69, 9.17) is 11.6 Å². The van der Waals surface area contributed by atoms with Gasteiger partial charge in [0.15, 0.2) is 5.75 Å². The topological polar surface area (TPSA) is 76.7 Å². The van der Waals surface area contributed by atoms with E-state index >= 15 is 0 Å². The number of hydrazine groups is 1. The number of halogens is 11. The van der Waals surface area contributed by atoms with Crippen molar-refractivity contribution in [3.05, 3.63) is 22.7 Å². The highest BCUT2D eigenvalue weighted by Gasteiger charge is 2.73. The SMILES string of the molecule is COC(=O)C(=O)NNc1c(Cl)cc(C(F)(C(F)(F)F)C(F)(F)F)cc1OC(F)(F)F. The van der Waals surface area contributed by atoms with Crippen LogP contribution in [-0.4, -0.2) is 37.7 Å². The summed E-state index contributed by atoms with van der Waals surface area (Å²) in [5, 5.41) is -1.37. The summed E-state index contributed by atoms with van der Waals surface area (Å²) in [6.07, 6.45) is -19.0. The number of ether oxygens (including phenoxy) is 2. The fraction of sp³-hybridized carbons (Fsp3) is 0.385. The number of methoxy groups -OCH3 is 1. The van der Waals surface area contributed by atoms with E-state index < -0.39 is 64.3 Å². The molecule has 1 amide bonds. The van der Waals surface area contributed by atoms with Crippen molar-refractivity contribution in [2.45, 2.75) is 24.4 Å². The minimum absolute atomic E-state index is 0.293. The normalized spacial score (nSPS) is 12.9. The lowest BCUT2D eigenvalue weighted by molar-refractivity contribution is -0.348. The van der Waals surface area contributed by atoms with Crippen LogP contribution in [0.15, 0.2) is 12.1 Å². The Bertz CT molecular complexity index is 808. The van der Waals surface area contributed by atoms with E-state index in [1.807, 2.05) is 0 Å². The van der Waals surface area contributed by atoms with Gasteiger partial charge in [-0.05, 0) is 12.1 Å². The van der Waals surface area contributed by atoms with Crippen LogP contribution in [-0.2, 0) is 20.0 Å². The highest BCUT2D eigenvalue weighted by Crippen LogP contribution is 2.55. The number of alkyl halides is 10. The van der Waals surface area contributed by atoms with Crippen molar-refractivity contribution in [2.24, 2.45) is 0 Å². The third-order valence-electron chi connectivity index (χ3n) is 3.13. The molecule has 1 rings (SSSR count). The van der Waals surface area contributed by atoms with Gasteiger partial charge >= 0.3 is 36.3 Å². The molecule has 0 aliphatic carbocycles. The zero-order valence-electron chi connectivity index (χ0n) is 13.9. The van der Waals surface area contributed by atoms with Crippen LogP contribution in [0.1, 0.15) is 5.56 Å². The van der Waals surface area contributed by atoms with E-state index in [2.05, 4.69) is 9.47 Å². The first-order valence-corrected chi connectivity index (χ1v) is 7.29. The van der Waals surface area contributed by atoms with Gasteiger partial charge in [-0.15, -0.1) is 13.2 Å². The Hall–Kier alpha value is -2.65. The molecule has 0 aliphatic rings. The Labute approximate surface area is 164 Å². The summed E-state index contributed by atoms with van der Waals surface area (Å²) in [7, 11) is 0.733. The maximum atomic E-state index is 14.1. The molecule has 30 heavy (non-hydrogen) atoms. The number of carbonyl (C=O) groups excluding carboxylic acids is 2. The molecule has 6 nitrogen and oxygen atoms in total. The van der Waals surface area contributed by atoms with Crippen LogP contribution >= 0.6 is 11.6 Å². The molecule has 170 valence electrons. The Kier molecular flexibility index (Phi) is 6.97. The second kappa shape index (κ2) is 8.23. The molecule has 0 fully saturated rings. The number of nitrogens with one attached hydrogen (secondary N) is 2. The Morgan fingerprint density at radius 1 is 0.933 bits per heavy atom. The summed E-state index contributed by atoms with van der Waals surface area (Å²) in [5.41, 5.74) is -6.83. The average molecular weight is 481 g/mol. The second-order valence-corrected chi connectivity index (χ2v) is 5.51. The number of carbonyl (C=O) groups is 2. The quantitative estimate of drug-likeness (QED) is 0.293. The van der Waals surface area contributed by atoms with E-state index in [-0.39, 0.29) is 6.07 Å². The third-order valence-corrected chi connectivity index (χ3v) is 3.43. The molecule has 2 N–H and O–H groups in total. The second-order valence-electron chi connectivity index (χ2n) is 5.10. The van der Waals surface area contributed by atoms with E-state index in [9.17, 15) is 53.5 Å². The fourth-order valence-electron chi connectivity index (χ4n) is 1.86. The van der Waals surface area contributed by atoms with Crippen molar-refractivity contribution in [1.29, 1.82) is 0 Å². The van der Waals surface area contributed by atoms with E-state index in [0.29, 0.717) is 0 Å². The van der Waals surface area contributed by atoms with Crippen molar-refractivity contribution >= 4 is 29.2 Å². The van der Waals surface area contributed by atoms with Crippen LogP contribution in [0.25, 0.3) is 0 Å². The van der Waals surface area contributed by atoms with Gasteiger partial charge in [0.05, 0.1) is 12.1 Å². The molecular formula is C13H7ClF10N2O4. The van der Waals surface area contributed by atoms with Crippen molar-refractivity contribution in [3.63, 3.8) is 0 Å². The lowest BCUT2D eigenvalue weighted by Gasteiger charge is -2.31. The molecule has 0 atom stereocenters. The minimum atomic E-state index is -6.65. The lowest BCUT2D eigenvalue weighted by atomic mass is 9.93. The molecule has 17 heteroatoms. The lowest BCUT2D eigenvalue weighted by Crippen LogP contribution is -2.50.